The third-order valence-electron chi connectivity index (χ3n) is 5.21. The molecule has 2 aromatic heterocycles. The van der Waals surface area contributed by atoms with E-state index in [1.807, 2.05) is 61.5 Å². The highest BCUT2D eigenvalue weighted by molar-refractivity contribution is 8.00. The lowest BCUT2D eigenvalue weighted by atomic mass is 9.99. The van der Waals surface area contributed by atoms with Crippen LogP contribution in [0.15, 0.2) is 64.1 Å². The molecule has 0 aliphatic heterocycles. The van der Waals surface area contributed by atoms with E-state index in [9.17, 15) is 10.1 Å². The number of nitrogens with two attached hydrogens (primary N) is 2. The van der Waals surface area contributed by atoms with E-state index in [0.29, 0.717) is 27.6 Å². The maximum Gasteiger partial charge on any atom is 0.178 e. The summed E-state index contributed by atoms with van der Waals surface area (Å²) in [6, 6.07) is 19.2. The highest BCUT2D eigenvalue weighted by atomic mass is 32.2. The second-order valence-electron chi connectivity index (χ2n) is 7.48. The van der Waals surface area contributed by atoms with Gasteiger partial charge in [-0.05, 0) is 19.4 Å². The van der Waals surface area contributed by atoms with Crippen molar-refractivity contribution in [3.05, 3.63) is 77.0 Å². The summed E-state index contributed by atoms with van der Waals surface area (Å²) in [5.41, 5.74) is 16.8. The van der Waals surface area contributed by atoms with E-state index in [1.54, 1.807) is 6.92 Å². The summed E-state index contributed by atoms with van der Waals surface area (Å²) < 4.78 is 5.30. The van der Waals surface area contributed by atoms with Crippen LogP contribution in [0.25, 0.3) is 22.4 Å². The first-order chi connectivity index (χ1) is 15.9. The maximum atomic E-state index is 13.2. The van der Waals surface area contributed by atoms with Crippen LogP contribution in [0.2, 0.25) is 0 Å². The first kappa shape index (κ1) is 22.1. The van der Waals surface area contributed by atoms with Gasteiger partial charge in [0.2, 0.25) is 0 Å². The Morgan fingerprint density at radius 2 is 1.76 bits per heavy atom. The number of thioether (sulfide) groups is 1. The number of nitrogens with zero attached hydrogens (tertiary/aromatic N) is 3. The second kappa shape index (κ2) is 9.18. The van der Waals surface area contributed by atoms with E-state index in [0.717, 1.165) is 28.5 Å². The van der Waals surface area contributed by atoms with E-state index < -0.39 is 0 Å². The Hall–Kier alpha value is -4.09. The van der Waals surface area contributed by atoms with Crippen LogP contribution in [-0.4, -0.2) is 21.7 Å². The first-order valence-corrected chi connectivity index (χ1v) is 11.1. The molecule has 0 fully saturated rings. The Labute approximate surface area is 195 Å². The Morgan fingerprint density at radius 3 is 2.42 bits per heavy atom. The summed E-state index contributed by atoms with van der Waals surface area (Å²) in [4.78, 5) is 17.5. The predicted octanol–water partition coefficient (Wildman–Crippen LogP) is 5.03. The number of aryl methyl sites for hydroxylation is 2. The summed E-state index contributed by atoms with van der Waals surface area (Å²) in [6.07, 6.45) is 0. The molecule has 4 rings (SSSR count). The summed E-state index contributed by atoms with van der Waals surface area (Å²) in [6.45, 7) is 3.68. The minimum atomic E-state index is -0.185. The van der Waals surface area contributed by atoms with Gasteiger partial charge in [-0.2, -0.15) is 5.26 Å². The Bertz CT molecular complexity index is 1370. The number of ketones is 1. The Balaban J connectivity index is 1.68. The zero-order chi connectivity index (χ0) is 23.5. The number of carbonyl (C=O) groups is 1. The zero-order valence-corrected chi connectivity index (χ0v) is 18.9. The van der Waals surface area contributed by atoms with Gasteiger partial charge in [-0.25, -0.2) is 4.98 Å². The number of benzene rings is 2. The Morgan fingerprint density at radius 1 is 1.06 bits per heavy atom. The Kier molecular flexibility index (Phi) is 6.16. The molecule has 0 aliphatic rings. The van der Waals surface area contributed by atoms with Gasteiger partial charge in [0.15, 0.2) is 5.78 Å². The van der Waals surface area contributed by atoms with Gasteiger partial charge in [-0.3, -0.25) is 4.79 Å². The van der Waals surface area contributed by atoms with Gasteiger partial charge in [0.05, 0.1) is 22.6 Å². The SMILES string of the molecule is Cc1ccc(-c2c(N)c(N)nc(SCC(=O)c3c(-c4ccccc4)noc3C)c2C#N)cc1. The largest absolute Gasteiger partial charge is 0.395 e. The standard InChI is InChI=1S/C25H21N5O2S/c1-14-8-10-16(11-9-14)21-18(12-26)25(29-24(28)22(21)27)33-13-19(31)20-15(2)32-30-23(20)17-6-4-3-5-7-17/h3-11H,13,27H2,1-2H3,(H2,28,29). The number of nitriles is 1. The van der Waals surface area contributed by atoms with Gasteiger partial charge in [-0.15, -0.1) is 0 Å². The molecule has 33 heavy (non-hydrogen) atoms. The third kappa shape index (κ3) is 4.31. The molecule has 0 aliphatic carbocycles. The molecule has 7 nitrogen and oxygen atoms in total. The van der Waals surface area contributed by atoms with Gasteiger partial charge >= 0.3 is 0 Å². The highest BCUT2D eigenvalue weighted by Crippen LogP contribution is 2.38. The van der Waals surface area contributed by atoms with Crippen molar-refractivity contribution in [1.82, 2.24) is 10.1 Å². The van der Waals surface area contributed by atoms with Crippen LogP contribution in [0.3, 0.4) is 0 Å². The van der Waals surface area contributed by atoms with Crippen molar-refractivity contribution < 1.29 is 9.32 Å². The number of hydrogen-bond donors (Lipinski definition) is 2. The van der Waals surface area contributed by atoms with Crippen LogP contribution < -0.4 is 11.5 Å². The number of anilines is 2. The van der Waals surface area contributed by atoms with Crippen molar-refractivity contribution in [2.75, 3.05) is 17.2 Å². The van der Waals surface area contributed by atoms with Crippen molar-refractivity contribution in [3.63, 3.8) is 0 Å². The first-order valence-electron chi connectivity index (χ1n) is 10.1. The van der Waals surface area contributed by atoms with Gasteiger partial charge < -0.3 is 16.0 Å². The number of rotatable bonds is 6. The number of nitrogen functional groups attached to an aromatic ring is 2. The van der Waals surface area contributed by atoms with E-state index in [-0.39, 0.29) is 28.6 Å². The van der Waals surface area contributed by atoms with Gasteiger partial charge in [-0.1, -0.05) is 77.1 Å². The molecule has 0 amide bonds. The van der Waals surface area contributed by atoms with Crippen LogP contribution in [-0.2, 0) is 0 Å². The monoisotopic (exact) mass is 455 g/mol. The molecule has 0 unspecified atom stereocenters. The average molecular weight is 456 g/mol. The molecule has 4 aromatic rings. The summed E-state index contributed by atoms with van der Waals surface area (Å²) in [7, 11) is 0. The highest BCUT2D eigenvalue weighted by Gasteiger charge is 2.24. The molecule has 2 aromatic carbocycles. The third-order valence-corrected chi connectivity index (χ3v) is 6.19. The minimum Gasteiger partial charge on any atom is -0.395 e. The molecule has 0 bridgehead atoms. The molecular weight excluding hydrogens is 434 g/mol. The molecular formula is C25H21N5O2S. The minimum absolute atomic E-state index is 0.0280. The van der Waals surface area contributed by atoms with Crippen LogP contribution in [0.4, 0.5) is 11.5 Å². The fourth-order valence-corrected chi connectivity index (χ4v) is 4.39. The molecule has 0 saturated heterocycles. The average Bonchev–Trinajstić information content (AvgIpc) is 3.22. The fourth-order valence-electron chi connectivity index (χ4n) is 3.52. The molecule has 0 saturated carbocycles. The number of aromatic nitrogens is 2. The van der Waals surface area contributed by atoms with Crippen LogP contribution in [0, 0.1) is 25.2 Å². The van der Waals surface area contributed by atoms with E-state index in [4.69, 9.17) is 16.0 Å². The van der Waals surface area contributed by atoms with Crippen molar-refractivity contribution in [2.45, 2.75) is 18.9 Å². The smallest absolute Gasteiger partial charge is 0.178 e. The maximum absolute atomic E-state index is 13.2. The number of hydrogen-bond acceptors (Lipinski definition) is 8. The van der Waals surface area contributed by atoms with E-state index in [2.05, 4.69) is 16.2 Å². The summed E-state index contributed by atoms with van der Waals surface area (Å²) in [5, 5.41) is 14.3. The van der Waals surface area contributed by atoms with Crippen LogP contribution >= 0.6 is 11.8 Å². The van der Waals surface area contributed by atoms with Gasteiger partial charge in [0, 0.05) is 11.1 Å². The molecule has 0 atom stereocenters. The molecule has 2 heterocycles. The summed E-state index contributed by atoms with van der Waals surface area (Å²) in [5.74, 6) is 0.395. The van der Waals surface area contributed by atoms with Crippen molar-refractivity contribution in [3.8, 4) is 28.5 Å². The normalized spacial score (nSPS) is 10.7. The quantitative estimate of drug-likeness (QED) is 0.305. The van der Waals surface area contributed by atoms with Crippen LogP contribution in [0.1, 0.15) is 27.2 Å². The zero-order valence-electron chi connectivity index (χ0n) is 18.1. The number of pyridine rings is 1. The molecule has 164 valence electrons. The van der Waals surface area contributed by atoms with Gasteiger partial charge in [0.25, 0.3) is 0 Å². The predicted molar refractivity (Wildman–Crippen MR) is 130 cm³/mol. The topological polar surface area (TPSA) is 132 Å². The molecule has 8 heteroatoms. The lowest BCUT2D eigenvalue weighted by Gasteiger charge is -2.14. The lowest BCUT2D eigenvalue weighted by molar-refractivity contribution is 0.102. The van der Waals surface area contributed by atoms with Crippen molar-refractivity contribution in [1.29, 1.82) is 5.26 Å². The van der Waals surface area contributed by atoms with E-state index >= 15 is 0 Å². The molecule has 0 radical (unpaired) electrons. The second-order valence-corrected chi connectivity index (χ2v) is 8.45. The number of carbonyl (C=O) groups excluding carboxylic acids is 1. The van der Waals surface area contributed by atoms with Gasteiger partial charge in [0.1, 0.15) is 28.4 Å². The fraction of sp³-hybridized carbons (Fsp3) is 0.120. The van der Waals surface area contributed by atoms with E-state index in [1.165, 1.54) is 0 Å². The molecule has 0 spiro atoms. The molecule has 4 N–H and O–H groups in total. The number of Topliss-reactive ketones (excluding diaryl/α,β-unsaturated/α-hetero) is 1. The van der Waals surface area contributed by atoms with Crippen molar-refractivity contribution in [2.24, 2.45) is 0 Å². The lowest BCUT2D eigenvalue weighted by Crippen LogP contribution is -2.08. The van der Waals surface area contributed by atoms with Crippen molar-refractivity contribution >= 4 is 29.1 Å². The summed E-state index contributed by atoms with van der Waals surface area (Å²) >= 11 is 1.14. The van der Waals surface area contributed by atoms with Crippen LogP contribution in [0.5, 0.6) is 0 Å².